The molecule has 0 aliphatic carbocycles. The molecular weight excluding hydrogens is 278 g/mol. The van der Waals surface area contributed by atoms with Crippen LogP contribution in [0.4, 0.5) is 5.82 Å². The van der Waals surface area contributed by atoms with Crippen LogP contribution < -0.4 is 10.5 Å². The zero-order valence-electron chi connectivity index (χ0n) is 9.71. The number of nitrogens with one attached hydrogen (secondary N) is 1. The Balaban J connectivity index is 0.00000162. The highest BCUT2D eigenvalue weighted by Gasteiger charge is 2.16. The highest BCUT2D eigenvalue weighted by molar-refractivity contribution is 7.89. The number of anilines is 1. The minimum atomic E-state index is -3.82. The molecule has 0 aromatic carbocycles. The number of primary sulfonamides is 1. The van der Waals surface area contributed by atoms with E-state index in [4.69, 9.17) is 9.56 Å². The van der Waals surface area contributed by atoms with Crippen LogP contribution in [0.15, 0.2) is 27.8 Å². The topological polar surface area (TPSA) is 98.2 Å². The van der Waals surface area contributed by atoms with Gasteiger partial charge in [0, 0.05) is 18.8 Å². The van der Waals surface area contributed by atoms with Gasteiger partial charge in [0.1, 0.15) is 11.4 Å². The summed E-state index contributed by atoms with van der Waals surface area (Å²) in [5.74, 6) is 0.600. The van der Waals surface area contributed by atoms with Crippen molar-refractivity contribution in [2.75, 3.05) is 11.9 Å². The second kappa shape index (κ2) is 5.55. The van der Waals surface area contributed by atoms with Gasteiger partial charge in [0.25, 0.3) is 10.0 Å². The summed E-state index contributed by atoms with van der Waals surface area (Å²) in [6.07, 6.45) is 2.49. The molecule has 2 aromatic heterocycles. The number of nitrogens with two attached hydrogens (primary N) is 1. The minimum absolute atomic E-state index is 0. The van der Waals surface area contributed by atoms with Crippen LogP contribution >= 0.6 is 12.4 Å². The lowest BCUT2D eigenvalue weighted by Gasteiger charge is -2.03. The Hall–Kier alpha value is -1.31. The van der Waals surface area contributed by atoms with E-state index in [1.54, 1.807) is 12.3 Å². The summed E-state index contributed by atoms with van der Waals surface area (Å²) in [5.41, 5.74) is 0.447. The van der Waals surface area contributed by atoms with Crippen LogP contribution in [0.2, 0.25) is 0 Å². The van der Waals surface area contributed by atoms with Crippen LogP contribution in [0.5, 0.6) is 0 Å². The third-order valence-electron chi connectivity index (χ3n) is 2.25. The van der Waals surface area contributed by atoms with Crippen molar-refractivity contribution in [3.05, 3.63) is 18.3 Å². The molecule has 0 saturated carbocycles. The molecule has 2 rings (SSSR count). The molecule has 8 heteroatoms. The number of furan rings is 1. The third kappa shape index (κ3) is 2.92. The first-order valence-corrected chi connectivity index (χ1v) is 6.72. The second-order valence-corrected chi connectivity index (χ2v) is 5.10. The highest BCUT2D eigenvalue weighted by Crippen LogP contribution is 2.26. The van der Waals surface area contributed by atoms with E-state index in [0.717, 1.165) is 13.0 Å². The van der Waals surface area contributed by atoms with E-state index < -0.39 is 10.0 Å². The van der Waals surface area contributed by atoms with Gasteiger partial charge in [-0.15, -0.1) is 12.4 Å². The van der Waals surface area contributed by atoms with Gasteiger partial charge >= 0.3 is 0 Å². The molecule has 0 atom stereocenters. The molecule has 18 heavy (non-hydrogen) atoms. The predicted molar refractivity (Wildman–Crippen MR) is 71.4 cm³/mol. The molecule has 3 N–H and O–H groups in total. The fourth-order valence-corrected chi connectivity index (χ4v) is 1.95. The van der Waals surface area contributed by atoms with Crippen molar-refractivity contribution in [3.8, 4) is 0 Å². The molecule has 2 aromatic rings. The van der Waals surface area contributed by atoms with Crippen molar-refractivity contribution in [1.29, 1.82) is 0 Å². The molecule has 6 nitrogen and oxygen atoms in total. The van der Waals surface area contributed by atoms with Crippen LogP contribution in [0, 0.1) is 0 Å². The fraction of sp³-hybridized carbons (Fsp3) is 0.300. The maximum absolute atomic E-state index is 11.2. The number of fused-ring (bicyclic) bond motifs is 1. The number of rotatable bonds is 4. The van der Waals surface area contributed by atoms with E-state index in [2.05, 4.69) is 10.3 Å². The summed E-state index contributed by atoms with van der Waals surface area (Å²) in [6.45, 7) is 2.78. The third-order valence-corrected chi connectivity index (χ3v) is 3.01. The summed E-state index contributed by atoms with van der Waals surface area (Å²) >= 11 is 0. The molecular formula is C10H14ClN3O3S. The lowest BCUT2D eigenvalue weighted by molar-refractivity contribution is 0.482. The standard InChI is InChI=1S/C10H13N3O3S.ClH/c1-2-4-12-10-7-6-9(17(11,14)15)16-8(7)3-5-13-10;/h3,5-6H,2,4H2,1H3,(H,12,13)(H2,11,14,15);1H. The molecule has 0 saturated heterocycles. The first kappa shape index (κ1) is 14.7. The minimum Gasteiger partial charge on any atom is -0.443 e. The number of pyridine rings is 1. The lowest BCUT2D eigenvalue weighted by Crippen LogP contribution is -2.10. The van der Waals surface area contributed by atoms with Gasteiger partial charge in [-0.25, -0.2) is 18.5 Å². The monoisotopic (exact) mass is 291 g/mol. The number of nitrogens with zero attached hydrogens (tertiary/aromatic N) is 1. The smallest absolute Gasteiger partial charge is 0.271 e. The number of hydrogen-bond donors (Lipinski definition) is 2. The number of sulfonamides is 1. The molecule has 0 unspecified atom stereocenters. The zero-order valence-corrected chi connectivity index (χ0v) is 11.3. The Morgan fingerprint density at radius 3 is 2.83 bits per heavy atom. The molecule has 100 valence electrons. The average molecular weight is 292 g/mol. The second-order valence-electron chi connectivity index (χ2n) is 3.61. The van der Waals surface area contributed by atoms with E-state index in [1.807, 2.05) is 6.92 Å². The van der Waals surface area contributed by atoms with Crippen LogP contribution in [0.25, 0.3) is 11.0 Å². The van der Waals surface area contributed by atoms with Gasteiger partial charge in [-0.1, -0.05) is 6.92 Å². The molecule has 2 heterocycles. The number of aromatic nitrogens is 1. The summed E-state index contributed by atoms with van der Waals surface area (Å²) < 4.78 is 27.5. The molecule has 0 bridgehead atoms. The molecule has 0 aliphatic heterocycles. The van der Waals surface area contributed by atoms with Gasteiger partial charge in [-0.05, 0) is 12.5 Å². The van der Waals surface area contributed by atoms with Gasteiger partial charge in [-0.2, -0.15) is 0 Å². The molecule has 0 radical (unpaired) electrons. The maximum atomic E-state index is 11.2. The fourth-order valence-electron chi connectivity index (χ4n) is 1.46. The van der Waals surface area contributed by atoms with Gasteiger partial charge in [0.2, 0.25) is 5.09 Å². The van der Waals surface area contributed by atoms with Gasteiger partial charge in [0.15, 0.2) is 0 Å². The SMILES string of the molecule is CCCNc1nccc2oc(S(N)(=O)=O)cc12.Cl. The van der Waals surface area contributed by atoms with Crippen molar-refractivity contribution in [2.45, 2.75) is 18.4 Å². The van der Waals surface area contributed by atoms with E-state index in [1.165, 1.54) is 6.07 Å². The van der Waals surface area contributed by atoms with E-state index >= 15 is 0 Å². The highest BCUT2D eigenvalue weighted by atomic mass is 35.5. The largest absolute Gasteiger partial charge is 0.443 e. The van der Waals surface area contributed by atoms with E-state index in [0.29, 0.717) is 16.8 Å². The Bertz CT molecular complexity index is 639. The first-order valence-electron chi connectivity index (χ1n) is 5.17. The van der Waals surface area contributed by atoms with Gasteiger partial charge in [0.05, 0.1) is 5.39 Å². The normalized spacial score (nSPS) is 11.2. The lowest BCUT2D eigenvalue weighted by atomic mass is 10.3. The summed E-state index contributed by atoms with van der Waals surface area (Å²) in [4.78, 5) is 4.13. The van der Waals surface area contributed by atoms with Crippen LogP contribution in [-0.2, 0) is 10.0 Å². The van der Waals surface area contributed by atoms with E-state index in [-0.39, 0.29) is 17.5 Å². The van der Waals surface area contributed by atoms with Crippen molar-refractivity contribution in [3.63, 3.8) is 0 Å². The zero-order chi connectivity index (χ0) is 12.5. The van der Waals surface area contributed by atoms with E-state index in [9.17, 15) is 8.42 Å². The summed E-state index contributed by atoms with van der Waals surface area (Å²) in [5, 5.41) is 8.47. The number of halogens is 1. The van der Waals surface area contributed by atoms with Crippen molar-refractivity contribution < 1.29 is 12.8 Å². The van der Waals surface area contributed by atoms with Gasteiger partial charge < -0.3 is 9.73 Å². The Kier molecular flexibility index (Phi) is 4.55. The molecule has 0 amide bonds. The number of hydrogen-bond acceptors (Lipinski definition) is 5. The quantitative estimate of drug-likeness (QED) is 0.893. The first-order chi connectivity index (χ1) is 8.02. The van der Waals surface area contributed by atoms with Crippen LogP contribution in [-0.4, -0.2) is 19.9 Å². The average Bonchev–Trinajstić information content (AvgIpc) is 2.70. The van der Waals surface area contributed by atoms with Crippen LogP contribution in [0.3, 0.4) is 0 Å². The van der Waals surface area contributed by atoms with Gasteiger partial charge in [-0.3, -0.25) is 0 Å². The predicted octanol–water partition coefficient (Wildman–Crippen LogP) is 1.72. The van der Waals surface area contributed by atoms with Crippen molar-refractivity contribution in [1.82, 2.24) is 4.98 Å². The Morgan fingerprint density at radius 1 is 1.50 bits per heavy atom. The summed E-state index contributed by atoms with van der Waals surface area (Å²) in [6, 6.07) is 2.98. The molecule has 0 spiro atoms. The molecule has 0 fully saturated rings. The molecule has 0 aliphatic rings. The summed E-state index contributed by atoms with van der Waals surface area (Å²) in [7, 11) is -3.82. The van der Waals surface area contributed by atoms with Crippen LogP contribution in [0.1, 0.15) is 13.3 Å². The Morgan fingerprint density at radius 2 is 2.22 bits per heavy atom. The maximum Gasteiger partial charge on any atom is 0.271 e. The van der Waals surface area contributed by atoms with Crippen molar-refractivity contribution >= 4 is 39.2 Å². The van der Waals surface area contributed by atoms with Crippen molar-refractivity contribution in [2.24, 2.45) is 5.14 Å². The Labute approximate surface area is 111 Å².